The summed E-state index contributed by atoms with van der Waals surface area (Å²) in [5.74, 6) is -0.314. The minimum atomic E-state index is -3.77. The summed E-state index contributed by atoms with van der Waals surface area (Å²) in [5.41, 5.74) is 0. The van der Waals surface area contributed by atoms with E-state index >= 15 is 0 Å². The molecule has 0 unspecified atom stereocenters. The Morgan fingerprint density at radius 1 is 1.10 bits per heavy atom. The maximum absolute atomic E-state index is 12.1. The van der Waals surface area contributed by atoms with E-state index in [0.717, 1.165) is 0 Å². The smallest absolute Gasteiger partial charge is 0.215 e. The molecule has 0 radical (unpaired) electrons. The highest BCUT2D eigenvalue weighted by atomic mass is 79.9. The molecule has 0 heterocycles. The quantitative estimate of drug-likeness (QED) is 0.658. The molecule has 10 heteroatoms. The van der Waals surface area contributed by atoms with E-state index in [1.54, 1.807) is 19.1 Å². The molecule has 0 bridgehead atoms. The van der Waals surface area contributed by atoms with Gasteiger partial charge in [0.1, 0.15) is 0 Å². The summed E-state index contributed by atoms with van der Waals surface area (Å²) in [4.78, 5) is 0.0488. The maximum Gasteiger partial charge on any atom is 0.241 e. The van der Waals surface area contributed by atoms with Crippen LogP contribution in [0, 0.1) is 0 Å². The lowest BCUT2D eigenvalue weighted by Gasteiger charge is -2.09. The maximum atomic E-state index is 12.1. The number of hydrogen-bond donors (Lipinski definition) is 2. The van der Waals surface area contributed by atoms with E-state index in [0.29, 0.717) is 8.95 Å². The molecule has 2 N–H and O–H groups in total. The first-order valence-corrected chi connectivity index (χ1v) is 10.3. The highest BCUT2D eigenvalue weighted by molar-refractivity contribution is 9.11. The fraction of sp³-hybridized carbons (Fsp3) is 0.400. The Balaban J connectivity index is 2.79. The third-order valence-electron chi connectivity index (χ3n) is 2.21. The van der Waals surface area contributed by atoms with Crippen molar-refractivity contribution in [2.24, 2.45) is 0 Å². The summed E-state index contributed by atoms with van der Waals surface area (Å²) in [6.07, 6.45) is 0. The Hall–Kier alpha value is -0.000000000000000111. The highest BCUT2D eigenvalue weighted by Crippen LogP contribution is 2.25. The van der Waals surface area contributed by atoms with Gasteiger partial charge in [-0.3, -0.25) is 0 Å². The van der Waals surface area contributed by atoms with E-state index in [-0.39, 0.29) is 23.7 Å². The molecule has 0 atom stereocenters. The first-order valence-electron chi connectivity index (χ1n) is 5.60. The van der Waals surface area contributed by atoms with Crippen molar-refractivity contribution in [1.82, 2.24) is 9.44 Å². The first-order chi connectivity index (χ1) is 9.18. The second-order valence-electron chi connectivity index (χ2n) is 3.79. The lowest BCUT2D eigenvalue weighted by molar-refractivity contribution is 0.576. The molecule has 0 spiro atoms. The van der Waals surface area contributed by atoms with E-state index in [1.807, 2.05) is 0 Å². The van der Waals surface area contributed by atoms with Gasteiger partial charge in [0.15, 0.2) is 0 Å². The minimum absolute atomic E-state index is 0.0488. The summed E-state index contributed by atoms with van der Waals surface area (Å²) in [5, 5.41) is 0. The average Bonchev–Trinajstić information content (AvgIpc) is 2.31. The van der Waals surface area contributed by atoms with Crippen LogP contribution in [0.5, 0.6) is 0 Å². The molecular weight excluding hydrogens is 436 g/mol. The third kappa shape index (κ3) is 5.41. The average molecular weight is 450 g/mol. The van der Waals surface area contributed by atoms with Gasteiger partial charge in [-0.1, -0.05) is 22.9 Å². The highest BCUT2D eigenvalue weighted by Gasteiger charge is 2.19. The number of nitrogens with one attached hydrogen (secondary N) is 2. The van der Waals surface area contributed by atoms with Crippen LogP contribution in [-0.2, 0) is 20.0 Å². The summed E-state index contributed by atoms with van der Waals surface area (Å²) in [7, 11) is -7.22. The van der Waals surface area contributed by atoms with Crippen molar-refractivity contribution >= 4 is 51.9 Å². The summed E-state index contributed by atoms with van der Waals surface area (Å²) >= 11 is 6.34. The predicted molar refractivity (Wildman–Crippen MR) is 84.5 cm³/mol. The van der Waals surface area contributed by atoms with E-state index in [9.17, 15) is 16.8 Å². The minimum Gasteiger partial charge on any atom is -0.215 e. The van der Waals surface area contributed by atoms with Gasteiger partial charge >= 0.3 is 0 Å². The largest absolute Gasteiger partial charge is 0.241 e. The van der Waals surface area contributed by atoms with Crippen LogP contribution in [0.25, 0.3) is 0 Å². The summed E-state index contributed by atoms with van der Waals surface area (Å²) in [6, 6.07) is 4.72. The molecular formula is C10H14Br2N2O4S2. The second-order valence-corrected chi connectivity index (χ2v) is 9.22. The van der Waals surface area contributed by atoms with Crippen LogP contribution in [0.4, 0.5) is 0 Å². The number of sulfonamides is 2. The molecule has 1 aromatic carbocycles. The zero-order valence-corrected chi connectivity index (χ0v) is 15.4. The van der Waals surface area contributed by atoms with Crippen molar-refractivity contribution in [2.75, 3.05) is 18.8 Å². The Morgan fingerprint density at radius 2 is 1.75 bits per heavy atom. The zero-order chi connectivity index (χ0) is 15.4. The van der Waals surface area contributed by atoms with Crippen LogP contribution in [0.15, 0.2) is 32.0 Å². The van der Waals surface area contributed by atoms with Gasteiger partial charge in [-0.25, -0.2) is 26.3 Å². The molecule has 6 nitrogen and oxygen atoms in total. The number of hydrogen-bond acceptors (Lipinski definition) is 4. The van der Waals surface area contributed by atoms with Gasteiger partial charge in [-0.05, 0) is 34.1 Å². The van der Waals surface area contributed by atoms with Crippen LogP contribution in [0.3, 0.4) is 0 Å². The molecule has 0 saturated carbocycles. The van der Waals surface area contributed by atoms with Crippen LogP contribution < -0.4 is 9.44 Å². The fourth-order valence-electron chi connectivity index (χ4n) is 1.36. The Bertz CT molecular complexity index is 674. The molecule has 1 rings (SSSR count). The standard InChI is InChI=1S/C10H14Br2N2O4S2/c1-2-13-19(15,16)6-5-14-20(17,18)10-7-8(11)3-4-9(10)12/h3-4,7,13-14H,2,5-6H2,1H3. The van der Waals surface area contributed by atoms with Gasteiger partial charge in [-0.15, -0.1) is 0 Å². The molecule has 1 aromatic rings. The summed E-state index contributed by atoms with van der Waals surface area (Å²) in [6.45, 7) is 1.73. The lowest BCUT2D eigenvalue weighted by atomic mass is 10.4. The van der Waals surface area contributed by atoms with E-state index in [1.165, 1.54) is 6.07 Å². The second kappa shape index (κ2) is 7.32. The molecule has 0 saturated heterocycles. The van der Waals surface area contributed by atoms with Gasteiger partial charge in [0.05, 0.1) is 10.6 Å². The normalized spacial score (nSPS) is 12.6. The first kappa shape index (κ1) is 18.1. The lowest BCUT2D eigenvalue weighted by Crippen LogP contribution is -2.34. The van der Waals surface area contributed by atoms with Crippen molar-refractivity contribution in [3.63, 3.8) is 0 Å². The topological polar surface area (TPSA) is 92.3 Å². The van der Waals surface area contributed by atoms with E-state index in [4.69, 9.17) is 0 Å². The molecule has 0 fully saturated rings. The number of halogens is 2. The van der Waals surface area contributed by atoms with Gasteiger partial charge in [-0.2, -0.15) is 0 Å². The van der Waals surface area contributed by atoms with Gasteiger partial charge in [0.25, 0.3) is 0 Å². The van der Waals surface area contributed by atoms with E-state index < -0.39 is 20.0 Å². The molecule has 0 aromatic heterocycles. The van der Waals surface area contributed by atoms with E-state index in [2.05, 4.69) is 41.3 Å². The van der Waals surface area contributed by atoms with Crippen molar-refractivity contribution < 1.29 is 16.8 Å². The van der Waals surface area contributed by atoms with Crippen molar-refractivity contribution in [3.05, 3.63) is 27.1 Å². The number of rotatable bonds is 7. The zero-order valence-electron chi connectivity index (χ0n) is 10.6. The molecule has 0 amide bonds. The van der Waals surface area contributed by atoms with Crippen LogP contribution in [0.1, 0.15) is 6.92 Å². The Kier molecular flexibility index (Phi) is 6.61. The van der Waals surface area contributed by atoms with Gasteiger partial charge in [0.2, 0.25) is 20.0 Å². The SMILES string of the molecule is CCNS(=O)(=O)CCNS(=O)(=O)c1cc(Br)ccc1Br. The molecule has 0 aliphatic carbocycles. The van der Waals surface area contributed by atoms with Gasteiger partial charge < -0.3 is 0 Å². The van der Waals surface area contributed by atoms with Crippen LogP contribution >= 0.6 is 31.9 Å². The molecule has 20 heavy (non-hydrogen) atoms. The van der Waals surface area contributed by atoms with Crippen molar-refractivity contribution in [3.8, 4) is 0 Å². The molecule has 0 aliphatic rings. The van der Waals surface area contributed by atoms with Crippen LogP contribution in [-0.4, -0.2) is 35.7 Å². The number of benzene rings is 1. The predicted octanol–water partition coefficient (Wildman–Crippen LogP) is 1.43. The van der Waals surface area contributed by atoms with Gasteiger partial charge in [0, 0.05) is 22.0 Å². The Morgan fingerprint density at radius 3 is 2.35 bits per heavy atom. The molecule has 0 aliphatic heterocycles. The summed E-state index contributed by atoms with van der Waals surface area (Å²) < 4.78 is 52.5. The van der Waals surface area contributed by atoms with Crippen molar-refractivity contribution in [2.45, 2.75) is 11.8 Å². The molecule has 114 valence electrons. The Labute approximate surface area is 135 Å². The fourth-order valence-corrected chi connectivity index (χ4v) is 4.98. The van der Waals surface area contributed by atoms with Crippen molar-refractivity contribution in [1.29, 1.82) is 0 Å². The third-order valence-corrected chi connectivity index (χ3v) is 6.63. The monoisotopic (exact) mass is 448 g/mol. The van der Waals surface area contributed by atoms with Crippen LogP contribution in [0.2, 0.25) is 0 Å².